The van der Waals surface area contributed by atoms with Crippen LogP contribution in [0, 0.1) is 6.92 Å². The summed E-state index contributed by atoms with van der Waals surface area (Å²) in [6.45, 7) is 2.08. The maximum absolute atomic E-state index is 12.1. The van der Waals surface area contributed by atoms with Crippen molar-refractivity contribution in [2.45, 2.75) is 19.3 Å². The van der Waals surface area contributed by atoms with Crippen molar-refractivity contribution in [3.63, 3.8) is 0 Å². The van der Waals surface area contributed by atoms with Crippen LogP contribution in [0.2, 0.25) is 0 Å². The molecule has 1 atom stereocenters. The Labute approximate surface area is 121 Å². The van der Waals surface area contributed by atoms with Crippen LogP contribution in [0.3, 0.4) is 0 Å². The first-order chi connectivity index (χ1) is 9.58. The van der Waals surface area contributed by atoms with Crippen molar-refractivity contribution in [3.8, 4) is 0 Å². The molecule has 104 valence electrons. The van der Waals surface area contributed by atoms with E-state index in [2.05, 4.69) is 43.3 Å². The summed E-state index contributed by atoms with van der Waals surface area (Å²) in [5, 5.41) is 0. The highest BCUT2D eigenvalue weighted by molar-refractivity contribution is 5.77. The average molecular weight is 267 g/mol. The minimum atomic E-state index is 0.117. The van der Waals surface area contributed by atoms with E-state index < -0.39 is 0 Å². The summed E-state index contributed by atoms with van der Waals surface area (Å²) in [7, 11) is 3.61. The first-order valence-electron chi connectivity index (χ1n) is 6.89. The molecule has 2 aromatic rings. The van der Waals surface area contributed by atoms with Gasteiger partial charge in [0.2, 0.25) is 5.91 Å². The Balaban J connectivity index is 2.34. The van der Waals surface area contributed by atoms with Crippen molar-refractivity contribution in [2.24, 2.45) is 0 Å². The van der Waals surface area contributed by atoms with E-state index >= 15 is 0 Å². The fourth-order valence-electron chi connectivity index (χ4n) is 2.27. The molecule has 0 bridgehead atoms. The van der Waals surface area contributed by atoms with Crippen molar-refractivity contribution in [1.29, 1.82) is 0 Å². The third kappa shape index (κ3) is 3.47. The molecule has 2 nitrogen and oxygen atoms in total. The lowest BCUT2D eigenvalue weighted by Gasteiger charge is -2.20. The van der Waals surface area contributed by atoms with Crippen molar-refractivity contribution >= 4 is 5.91 Å². The zero-order valence-corrected chi connectivity index (χ0v) is 12.3. The minimum Gasteiger partial charge on any atom is -0.349 e. The molecular formula is C18H21NO. The topological polar surface area (TPSA) is 20.3 Å². The Morgan fingerprint density at radius 2 is 1.50 bits per heavy atom. The molecule has 2 rings (SSSR count). The number of hydrogen-bond acceptors (Lipinski definition) is 1. The monoisotopic (exact) mass is 267 g/mol. The number of benzene rings is 2. The number of carbonyl (C=O) groups excluding carboxylic acids is 1. The molecule has 2 aromatic carbocycles. The molecule has 1 amide bonds. The highest BCUT2D eigenvalue weighted by Crippen LogP contribution is 2.28. The Morgan fingerprint density at radius 3 is 2.05 bits per heavy atom. The van der Waals surface area contributed by atoms with Gasteiger partial charge in [-0.15, -0.1) is 0 Å². The molecule has 0 radical (unpaired) electrons. The second-order valence-electron chi connectivity index (χ2n) is 5.37. The maximum atomic E-state index is 12.1. The first-order valence-corrected chi connectivity index (χ1v) is 6.89. The summed E-state index contributed by atoms with van der Waals surface area (Å²) in [6.07, 6.45) is 0.500. The highest BCUT2D eigenvalue weighted by Gasteiger charge is 2.18. The van der Waals surface area contributed by atoms with E-state index in [9.17, 15) is 4.79 Å². The van der Waals surface area contributed by atoms with Gasteiger partial charge in [-0.2, -0.15) is 0 Å². The van der Waals surface area contributed by atoms with Crippen molar-refractivity contribution in [1.82, 2.24) is 4.90 Å². The van der Waals surface area contributed by atoms with E-state index in [1.807, 2.05) is 18.2 Å². The van der Waals surface area contributed by atoms with Crippen LogP contribution in [0.1, 0.15) is 29.0 Å². The summed E-state index contributed by atoms with van der Waals surface area (Å²) >= 11 is 0. The molecule has 0 aliphatic rings. The lowest BCUT2D eigenvalue weighted by Crippen LogP contribution is -2.24. The number of hydrogen-bond donors (Lipinski definition) is 0. The molecular weight excluding hydrogens is 246 g/mol. The second-order valence-corrected chi connectivity index (χ2v) is 5.37. The fourth-order valence-corrected chi connectivity index (χ4v) is 2.27. The third-order valence-corrected chi connectivity index (χ3v) is 3.56. The van der Waals surface area contributed by atoms with Gasteiger partial charge in [0.25, 0.3) is 0 Å². The molecule has 0 saturated heterocycles. The Hall–Kier alpha value is -2.09. The van der Waals surface area contributed by atoms with E-state index in [1.54, 1.807) is 19.0 Å². The predicted molar refractivity (Wildman–Crippen MR) is 82.8 cm³/mol. The SMILES string of the molecule is Cc1ccc(C(CC(=O)N(C)C)c2ccccc2)cc1. The quantitative estimate of drug-likeness (QED) is 0.828. The molecule has 0 aliphatic heterocycles. The second kappa shape index (κ2) is 6.38. The molecule has 20 heavy (non-hydrogen) atoms. The van der Waals surface area contributed by atoms with Crippen LogP contribution in [-0.2, 0) is 4.79 Å². The van der Waals surface area contributed by atoms with Gasteiger partial charge in [-0.1, -0.05) is 60.2 Å². The third-order valence-electron chi connectivity index (χ3n) is 3.56. The number of amides is 1. The smallest absolute Gasteiger partial charge is 0.223 e. The summed E-state index contributed by atoms with van der Waals surface area (Å²) in [5.74, 6) is 0.270. The number of rotatable bonds is 4. The van der Waals surface area contributed by atoms with Crippen LogP contribution in [0.4, 0.5) is 0 Å². The average Bonchev–Trinajstić information content (AvgIpc) is 2.46. The van der Waals surface area contributed by atoms with E-state index in [4.69, 9.17) is 0 Å². The van der Waals surface area contributed by atoms with Crippen LogP contribution < -0.4 is 0 Å². The number of nitrogens with zero attached hydrogens (tertiary/aromatic N) is 1. The van der Waals surface area contributed by atoms with E-state index in [1.165, 1.54) is 16.7 Å². The highest BCUT2D eigenvalue weighted by atomic mass is 16.2. The van der Waals surface area contributed by atoms with Crippen molar-refractivity contribution < 1.29 is 4.79 Å². The van der Waals surface area contributed by atoms with E-state index in [-0.39, 0.29) is 11.8 Å². The lowest BCUT2D eigenvalue weighted by atomic mass is 9.88. The van der Waals surface area contributed by atoms with Gasteiger partial charge in [0.15, 0.2) is 0 Å². The standard InChI is InChI=1S/C18H21NO/c1-14-9-11-16(12-10-14)17(13-18(20)19(2)3)15-7-5-4-6-8-15/h4-12,17H,13H2,1-3H3. The van der Waals surface area contributed by atoms with Crippen LogP contribution in [0.5, 0.6) is 0 Å². The van der Waals surface area contributed by atoms with E-state index in [0.717, 1.165) is 0 Å². The number of aryl methyl sites for hydroxylation is 1. The van der Waals surface area contributed by atoms with Crippen LogP contribution in [0.25, 0.3) is 0 Å². The summed E-state index contributed by atoms with van der Waals surface area (Å²) in [4.78, 5) is 13.7. The normalized spacial score (nSPS) is 11.9. The molecule has 0 heterocycles. The zero-order chi connectivity index (χ0) is 14.5. The largest absolute Gasteiger partial charge is 0.349 e. The lowest BCUT2D eigenvalue weighted by molar-refractivity contribution is -0.128. The van der Waals surface area contributed by atoms with Crippen molar-refractivity contribution in [2.75, 3.05) is 14.1 Å². The van der Waals surface area contributed by atoms with Gasteiger partial charge in [0.1, 0.15) is 0 Å². The van der Waals surface area contributed by atoms with Gasteiger partial charge >= 0.3 is 0 Å². The van der Waals surface area contributed by atoms with Gasteiger partial charge in [-0.25, -0.2) is 0 Å². The van der Waals surface area contributed by atoms with Gasteiger partial charge in [-0.05, 0) is 18.1 Å². The minimum absolute atomic E-state index is 0.117. The summed E-state index contributed by atoms with van der Waals surface area (Å²) in [5.41, 5.74) is 3.61. The molecule has 1 unspecified atom stereocenters. The number of carbonyl (C=O) groups is 1. The summed E-state index contributed by atoms with van der Waals surface area (Å²) < 4.78 is 0. The van der Waals surface area contributed by atoms with Crippen molar-refractivity contribution in [3.05, 3.63) is 71.3 Å². The molecule has 0 N–H and O–H groups in total. The summed E-state index contributed by atoms with van der Waals surface area (Å²) in [6, 6.07) is 18.7. The molecule has 0 saturated carbocycles. The Bertz CT molecular complexity index is 558. The Kier molecular flexibility index (Phi) is 4.57. The zero-order valence-electron chi connectivity index (χ0n) is 12.3. The first kappa shape index (κ1) is 14.3. The fraction of sp³-hybridized carbons (Fsp3) is 0.278. The predicted octanol–water partition coefficient (Wildman–Crippen LogP) is 3.61. The maximum Gasteiger partial charge on any atom is 0.223 e. The van der Waals surface area contributed by atoms with Gasteiger partial charge in [-0.3, -0.25) is 4.79 Å². The van der Waals surface area contributed by atoms with Gasteiger partial charge in [0.05, 0.1) is 0 Å². The van der Waals surface area contributed by atoms with E-state index in [0.29, 0.717) is 6.42 Å². The van der Waals surface area contributed by atoms with Gasteiger partial charge in [0, 0.05) is 26.4 Å². The van der Waals surface area contributed by atoms with Crippen LogP contribution in [0.15, 0.2) is 54.6 Å². The van der Waals surface area contributed by atoms with Crippen LogP contribution in [-0.4, -0.2) is 24.9 Å². The molecule has 0 spiro atoms. The molecule has 0 aromatic heterocycles. The molecule has 2 heteroatoms. The molecule has 0 fully saturated rings. The molecule has 0 aliphatic carbocycles. The Morgan fingerprint density at radius 1 is 0.950 bits per heavy atom. The van der Waals surface area contributed by atoms with Crippen LogP contribution >= 0.6 is 0 Å². The van der Waals surface area contributed by atoms with Gasteiger partial charge < -0.3 is 4.90 Å².